The van der Waals surface area contributed by atoms with Crippen LogP contribution >= 0.6 is 11.6 Å². The molecule has 0 radical (unpaired) electrons. The monoisotopic (exact) mass is 398 g/mol. The van der Waals surface area contributed by atoms with Crippen molar-refractivity contribution < 1.29 is 4.39 Å². The van der Waals surface area contributed by atoms with Crippen LogP contribution < -0.4 is 10.9 Å². The van der Waals surface area contributed by atoms with Gasteiger partial charge in [-0.2, -0.15) is 4.98 Å². The second-order valence-electron chi connectivity index (χ2n) is 6.39. The molecule has 0 saturated heterocycles. The van der Waals surface area contributed by atoms with Crippen molar-refractivity contribution >= 4 is 34.1 Å². The van der Waals surface area contributed by atoms with Crippen LogP contribution in [0.5, 0.6) is 0 Å². The predicted molar refractivity (Wildman–Crippen MR) is 106 cm³/mol. The van der Waals surface area contributed by atoms with Gasteiger partial charge < -0.3 is 5.32 Å². The summed E-state index contributed by atoms with van der Waals surface area (Å²) in [5.74, 6) is 0.103. The Morgan fingerprint density at radius 3 is 2.61 bits per heavy atom. The number of aryl methyl sites for hydroxylation is 1. The first-order valence-corrected chi connectivity index (χ1v) is 8.87. The standard InChI is InChI=1S/C19H16ClFN6O/c1-11-3-4-12(9-22-11)10-27-17(23-14-7-5-13(21)6-8-14)15-16(25-27)24-19(20)26(2)18(15)28/h3-9,23H,10H2,1-2H3. The largest absolute Gasteiger partial charge is 0.340 e. The predicted octanol–water partition coefficient (Wildman–Crippen LogP) is 3.42. The molecular weight excluding hydrogens is 383 g/mol. The number of hydrogen-bond acceptors (Lipinski definition) is 5. The first-order chi connectivity index (χ1) is 13.4. The summed E-state index contributed by atoms with van der Waals surface area (Å²) in [6.07, 6.45) is 1.75. The van der Waals surface area contributed by atoms with Gasteiger partial charge in [-0.15, -0.1) is 5.10 Å². The van der Waals surface area contributed by atoms with Gasteiger partial charge in [0.2, 0.25) is 5.28 Å². The Labute approximate surface area is 164 Å². The molecule has 0 aliphatic rings. The molecule has 0 aliphatic carbocycles. The summed E-state index contributed by atoms with van der Waals surface area (Å²) in [7, 11) is 1.54. The van der Waals surface area contributed by atoms with E-state index in [4.69, 9.17) is 11.6 Å². The van der Waals surface area contributed by atoms with Crippen molar-refractivity contribution in [1.82, 2.24) is 24.3 Å². The van der Waals surface area contributed by atoms with E-state index < -0.39 is 0 Å². The van der Waals surface area contributed by atoms with Gasteiger partial charge in [0.1, 0.15) is 17.0 Å². The number of benzene rings is 1. The zero-order valence-electron chi connectivity index (χ0n) is 15.1. The van der Waals surface area contributed by atoms with Crippen molar-refractivity contribution in [3.63, 3.8) is 0 Å². The Kier molecular flexibility index (Phi) is 4.56. The number of nitrogens with zero attached hydrogens (tertiary/aromatic N) is 5. The number of fused-ring (bicyclic) bond motifs is 1. The lowest BCUT2D eigenvalue weighted by Crippen LogP contribution is -2.19. The summed E-state index contributed by atoms with van der Waals surface area (Å²) in [5, 5.41) is 7.96. The van der Waals surface area contributed by atoms with E-state index in [-0.39, 0.29) is 22.3 Å². The summed E-state index contributed by atoms with van der Waals surface area (Å²) < 4.78 is 16.1. The summed E-state index contributed by atoms with van der Waals surface area (Å²) in [4.78, 5) is 21.3. The first kappa shape index (κ1) is 18.1. The van der Waals surface area contributed by atoms with Gasteiger partial charge in [-0.05, 0) is 54.4 Å². The molecule has 0 aliphatic heterocycles. The molecule has 28 heavy (non-hydrogen) atoms. The molecule has 1 aromatic carbocycles. The summed E-state index contributed by atoms with van der Waals surface area (Å²) in [6.45, 7) is 2.27. The fourth-order valence-corrected chi connectivity index (χ4v) is 2.97. The number of nitrogens with one attached hydrogen (secondary N) is 1. The third-order valence-corrected chi connectivity index (χ3v) is 4.68. The molecule has 3 aromatic heterocycles. The van der Waals surface area contributed by atoms with E-state index in [1.807, 2.05) is 19.1 Å². The fraction of sp³-hybridized carbons (Fsp3) is 0.158. The lowest BCUT2D eigenvalue weighted by atomic mass is 10.2. The van der Waals surface area contributed by atoms with Crippen LogP contribution in [0.1, 0.15) is 11.3 Å². The molecule has 9 heteroatoms. The van der Waals surface area contributed by atoms with Crippen molar-refractivity contribution in [3.05, 3.63) is 75.3 Å². The van der Waals surface area contributed by atoms with Crippen LogP contribution in [0.15, 0.2) is 47.4 Å². The van der Waals surface area contributed by atoms with Crippen molar-refractivity contribution in [3.8, 4) is 0 Å². The van der Waals surface area contributed by atoms with Gasteiger partial charge in [0.05, 0.1) is 6.54 Å². The van der Waals surface area contributed by atoms with Crippen molar-refractivity contribution in [2.45, 2.75) is 13.5 Å². The number of halogens is 2. The van der Waals surface area contributed by atoms with Crippen LogP contribution in [-0.2, 0) is 13.6 Å². The van der Waals surface area contributed by atoms with E-state index in [0.29, 0.717) is 23.4 Å². The van der Waals surface area contributed by atoms with Gasteiger partial charge in [0.15, 0.2) is 5.65 Å². The van der Waals surface area contributed by atoms with Crippen LogP contribution in [0.3, 0.4) is 0 Å². The molecule has 0 unspecified atom stereocenters. The number of aromatic nitrogens is 5. The highest BCUT2D eigenvalue weighted by Crippen LogP contribution is 2.25. The smallest absolute Gasteiger partial charge is 0.267 e. The summed E-state index contributed by atoms with van der Waals surface area (Å²) in [5.41, 5.74) is 2.33. The lowest BCUT2D eigenvalue weighted by Gasteiger charge is -2.10. The highest BCUT2D eigenvalue weighted by Gasteiger charge is 2.19. The van der Waals surface area contributed by atoms with E-state index in [0.717, 1.165) is 11.3 Å². The topological polar surface area (TPSA) is 77.6 Å². The van der Waals surface area contributed by atoms with E-state index in [2.05, 4.69) is 20.4 Å². The Morgan fingerprint density at radius 2 is 1.93 bits per heavy atom. The maximum absolute atomic E-state index is 13.2. The maximum atomic E-state index is 13.2. The van der Waals surface area contributed by atoms with Crippen LogP contribution in [0, 0.1) is 12.7 Å². The van der Waals surface area contributed by atoms with Crippen molar-refractivity contribution in [2.75, 3.05) is 5.32 Å². The van der Waals surface area contributed by atoms with Crippen LogP contribution in [0.2, 0.25) is 5.28 Å². The minimum absolute atomic E-state index is 0.0486. The summed E-state index contributed by atoms with van der Waals surface area (Å²) in [6, 6.07) is 9.68. The molecule has 0 amide bonds. The Bertz CT molecular complexity index is 1210. The molecule has 142 valence electrons. The SMILES string of the molecule is Cc1ccc(Cn2nc3nc(Cl)n(C)c(=O)c3c2Nc2ccc(F)cc2)cn1. The minimum Gasteiger partial charge on any atom is -0.340 e. The molecule has 7 nitrogen and oxygen atoms in total. The second-order valence-corrected chi connectivity index (χ2v) is 6.73. The molecular formula is C19H16ClFN6O. The highest BCUT2D eigenvalue weighted by atomic mass is 35.5. The lowest BCUT2D eigenvalue weighted by molar-refractivity contribution is 0.628. The van der Waals surface area contributed by atoms with Gasteiger partial charge >= 0.3 is 0 Å². The molecule has 0 spiro atoms. The van der Waals surface area contributed by atoms with E-state index >= 15 is 0 Å². The quantitative estimate of drug-likeness (QED) is 0.533. The second kappa shape index (κ2) is 7.05. The van der Waals surface area contributed by atoms with E-state index in [9.17, 15) is 9.18 Å². The molecule has 0 fully saturated rings. The number of anilines is 2. The average molecular weight is 399 g/mol. The van der Waals surface area contributed by atoms with Crippen LogP contribution in [0.25, 0.3) is 11.0 Å². The van der Waals surface area contributed by atoms with Crippen LogP contribution in [-0.4, -0.2) is 24.3 Å². The molecule has 0 saturated carbocycles. The molecule has 0 atom stereocenters. The Hall–Kier alpha value is -3.26. The number of pyridine rings is 1. The number of rotatable bonds is 4. The van der Waals surface area contributed by atoms with Gasteiger partial charge in [0.25, 0.3) is 5.56 Å². The zero-order valence-corrected chi connectivity index (χ0v) is 15.9. The van der Waals surface area contributed by atoms with Gasteiger partial charge in [0, 0.05) is 24.6 Å². The Balaban J connectivity index is 1.87. The number of hydrogen-bond donors (Lipinski definition) is 1. The van der Waals surface area contributed by atoms with Crippen molar-refractivity contribution in [2.24, 2.45) is 7.05 Å². The van der Waals surface area contributed by atoms with Gasteiger partial charge in [-0.25, -0.2) is 9.07 Å². The molecule has 0 bridgehead atoms. The first-order valence-electron chi connectivity index (χ1n) is 8.49. The molecule has 1 N–H and O–H groups in total. The average Bonchev–Trinajstić information content (AvgIpc) is 3.00. The Morgan fingerprint density at radius 1 is 1.18 bits per heavy atom. The zero-order chi connectivity index (χ0) is 19.8. The highest BCUT2D eigenvalue weighted by molar-refractivity contribution is 6.28. The molecule has 4 aromatic rings. The minimum atomic E-state index is -0.348. The summed E-state index contributed by atoms with van der Waals surface area (Å²) >= 11 is 6.04. The third kappa shape index (κ3) is 3.34. The van der Waals surface area contributed by atoms with Gasteiger partial charge in [-0.3, -0.25) is 14.3 Å². The molecule has 4 rings (SSSR count). The van der Waals surface area contributed by atoms with Gasteiger partial charge in [-0.1, -0.05) is 6.07 Å². The van der Waals surface area contributed by atoms with Crippen LogP contribution in [0.4, 0.5) is 15.9 Å². The van der Waals surface area contributed by atoms with E-state index in [1.165, 1.54) is 16.7 Å². The fourth-order valence-electron chi connectivity index (χ4n) is 2.81. The van der Waals surface area contributed by atoms with E-state index in [1.54, 1.807) is 30.1 Å². The molecule has 3 heterocycles. The normalized spacial score (nSPS) is 11.1. The maximum Gasteiger partial charge on any atom is 0.267 e. The van der Waals surface area contributed by atoms with Crippen molar-refractivity contribution in [1.29, 1.82) is 0 Å². The third-order valence-electron chi connectivity index (χ3n) is 4.34.